The Kier molecular flexibility index (Phi) is 4.61. The first-order valence-electron chi connectivity index (χ1n) is 5.56. The summed E-state index contributed by atoms with van der Waals surface area (Å²) in [4.78, 5) is 0.976. The SMILES string of the molecule is CN(Cc1ccc(Cl)s1)S(=O)(=O)c1ccc(N)c(Cl)c1. The number of hydrogen-bond acceptors (Lipinski definition) is 4. The van der Waals surface area contributed by atoms with Crippen LogP contribution >= 0.6 is 34.5 Å². The first-order chi connectivity index (χ1) is 9.30. The topological polar surface area (TPSA) is 63.4 Å². The van der Waals surface area contributed by atoms with Crippen LogP contribution in [0.5, 0.6) is 0 Å². The average molecular weight is 351 g/mol. The molecule has 1 aromatic heterocycles. The summed E-state index contributed by atoms with van der Waals surface area (Å²) >= 11 is 13.0. The van der Waals surface area contributed by atoms with Crippen LogP contribution < -0.4 is 5.73 Å². The molecule has 2 rings (SSSR count). The summed E-state index contributed by atoms with van der Waals surface area (Å²) in [5.74, 6) is 0. The van der Waals surface area contributed by atoms with Gasteiger partial charge in [-0.05, 0) is 30.3 Å². The van der Waals surface area contributed by atoms with Crippen LogP contribution in [0.3, 0.4) is 0 Å². The molecule has 0 aliphatic rings. The van der Waals surface area contributed by atoms with Gasteiger partial charge in [-0.2, -0.15) is 4.31 Å². The second-order valence-electron chi connectivity index (χ2n) is 4.15. The number of halogens is 2. The van der Waals surface area contributed by atoms with Crippen molar-refractivity contribution < 1.29 is 8.42 Å². The van der Waals surface area contributed by atoms with Crippen molar-refractivity contribution in [1.29, 1.82) is 0 Å². The number of nitrogens with zero attached hydrogens (tertiary/aromatic N) is 1. The highest BCUT2D eigenvalue weighted by atomic mass is 35.5. The fraction of sp³-hybridized carbons (Fsp3) is 0.167. The molecule has 2 N–H and O–H groups in total. The maximum absolute atomic E-state index is 12.4. The van der Waals surface area contributed by atoms with E-state index in [2.05, 4.69) is 0 Å². The van der Waals surface area contributed by atoms with Gasteiger partial charge in [-0.15, -0.1) is 11.3 Å². The third-order valence-corrected chi connectivity index (χ3v) is 6.03. The zero-order valence-electron chi connectivity index (χ0n) is 10.5. The normalized spacial score (nSPS) is 12.0. The number of hydrogen-bond donors (Lipinski definition) is 1. The Morgan fingerprint density at radius 1 is 1.25 bits per heavy atom. The molecule has 0 fully saturated rings. The Balaban J connectivity index is 2.27. The van der Waals surface area contributed by atoms with E-state index in [9.17, 15) is 8.42 Å². The van der Waals surface area contributed by atoms with Gasteiger partial charge in [0.2, 0.25) is 10.0 Å². The van der Waals surface area contributed by atoms with E-state index < -0.39 is 10.0 Å². The molecule has 108 valence electrons. The first kappa shape index (κ1) is 15.6. The average Bonchev–Trinajstić information content (AvgIpc) is 2.78. The molecule has 2 aromatic rings. The van der Waals surface area contributed by atoms with Crippen molar-refractivity contribution in [3.8, 4) is 0 Å². The van der Waals surface area contributed by atoms with Gasteiger partial charge in [-0.3, -0.25) is 0 Å². The molecule has 0 spiro atoms. The Hall–Kier alpha value is -0.790. The van der Waals surface area contributed by atoms with E-state index in [1.807, 2.05) is 0 Å². The van der Waals surface area contributed by atoms with Crippen LogP contribution in [0, 0.1) is 0 Å². The van der Waals surface area contributed by atoms with Gasteiger partial charge in [0.05, 0.1) is 19.9 Å². The summed E-state index contributed by atoms with van der Waals surface area (Å²) in [6.07, 6.45) is 0. The van der Waals surface area contributed by atoms with Crippen molar-refractivity contribution in [2.24, 2.45) is 0 Å². The van der Waals surface area contributed by atoms with E-state index >= 15 is 0 Å². The summed E-state index contributed by atoms with van der Waals surface area (Å²) in [5.41, 5.74) is 5.93. The van der Waals surface area contributed by atoms with Crippen molar-refractivity contribution in [2.75, 3.05) is 12.8 Å². The summed E-state index contributed by atoms with van der Waals surface area (Å²) < 4.78 is 26.7. The number of anilines is 1. The molecular weight excluding hydrogens is 339 g/mol. The van der Waals surface area contributed by atoms with Crippen molar-refractivity contribution >= 4 is 50.2 Å². The van der Waals surface area contributed by atoms with Crippen LogP contribution in [-0.4, -0.2) is 19.8 Å². The Morgan fingerprint density at radius 3 is 2.50 bits per heavy atom. The van der Waals surface area contributed by atoms with Crippen LogP contribution in [0.1, 0.15) is 4.88 Å². The molecule has 0 unspecified atom stereocenters. The molecule has 0 atom stereocenters. The lowest BCUT2D eigenvalue weighted by Gasteiger charge is -2.16. The van der Waals surface area contributed by atoms with Crippen molar-refractivity contribution in [2.45, 2.75) is 11.4 Å². The molecule has 1 heterocycles. The number of benzene rings is 1. The Morgan fingerprint density at radius 2 is 1.95 bits per heavy atom. The van der Waals surface area contributed by atoms with Crippen LogP contribution in [-0.2, 0) is 16.6 Å². The van der Waals surface area contributed by atoms with E-state index in [1.165, 1.54) is 40.9 Å². The van der Waals surface area contributed by atoms with Gasteiger partial charge < -0.3 is 5.73 Å². The maximum atomic E-state index is 12.4. The minimum Gasteiger partial charge on any atom is -0.398 e. The van der Waals surface area contributed by atoms with Gasteiger partial charge in [-0.1, -0.05) is 23.2 Å². The lowest BCUT2D eigenvalue weighted by molar-refractivity contribution is 0.469. The molecule has 0 aliphatic heterocycles. The smallest absolute Gasteiger partial charge is 0.243 e. The predicted octanol–water partition coefficient (Wildman–Crippen LogP) is 3.46. The molecule has 0 aliphatic carbocycles. The number of nitrogens with two attached hydrogens (primary N) is 1. The van der Waals surface area contributed by atoms with Gasteiger partial charge in [0.15, 0.2) is 0 Å². The van der Waals surface area contributed by atoms with Crippen molar-refractivity contribution in [3.63, 3.8) is 0 Å². The molecule has 0 bridgehead atoms. The van der Waals surface area contributed by atoms with Gasteiger partial charge in [0.1, 0.15) is 0 Å². The molecule has 20 heavy (non-hydrogen) atoms. The monoisotopic (exact) mass is 350 g/mol. The number of thiophene rings is 1. The number of rotatable bonds is 4. The van der Waals surface area contributed by atoms with E-state index in [1.54, 1.807) is 12.1 Å². The van der Waals surface area contributed by atoms with Crippen molar-refractivity contribution in [3.05, 3.63) is 44.6 Å². The molecule has 4 nitrogen and oxygen atoms in total. The lowest BCUT2D eigenvalue weighted by Crippen LogP contribution is -2.26. The highest BCUT2D eigenvalue weighted by Crippen LogP contribution is 2.27. The van der Waals surface area contributed by atoms with Crippen LogP contribution in [0.25, 0.3) is 0 Å². The second-order valence-corrected chi connectivity index (χ2v) is 8.40. The zero-order valence-corrected chi connectivity index (χ0v) is 13.7. The Bertz CT molecular complexity index is 729. The second kappa shape index (κ2) is 5.91. The quantitative estimate of drug-likeness (QED) is 0.858. The molecule has 0 amide bonds. The van der Waals surface area contributed by atoms with Gasteiger partial charge in [0, 0.05) is 18.5 Å². The van der Waals surface area contributed by atoms with Gasteiger partial charge in [-0.25, -0.2) is 8.42 Å². The summed E-state index contributed by atoms with van der Waals surface area (Å²) in [5, 5.41) is 0.221. The highest BCUT2D eigenvalue weighted by molar-refractivity contribution is 7.89. The Labute approximate surface area is 131 Å². The molecule has 0 saturated heterocycles. The highest BCUT2D eigenvalue weighted by Gasteiger charge is 2.22. The molecule has 8 heteroatoms. The van der Waals surface area contributed by atoms with E-state index in [0.29, 0.717) is 10.0 Å². The largest absolute Gasteiger partial charge is 0.398 e. The van der Waals surface area contributed by atoms with E-state index in [4.69, 9.17) is 28.9 Å². The predicted molar refractivity (Wildman–Crippen MR) is 83.8 cm³/mol. The van der Waals surface area contributed by atoms with Crippen molar-refractivity contribution in [1.82, 2.24) is 4.31 Å². The molecule has 0 saturated carbocycles. The molecule has 1 aromatic carbocycles. The fourth-order valence-corrected chi connectivity index (χ4v) is 4.23. The minimum absolute atomic E-state index is 0.113. The van der Waals surface area contributed by atoms with Crippen LogP contribution in [0.15, 0.2) is 35.2 Å². The van der Waals surface area contributed by atoms with E-state index in [-0.39, 0.29) is 16.5 Å². The summed E-state index contributed by atoms with van der Waals surface area (Å²) in [7, 11) is -2.10. The third-order valence-electron chi connectivity index (χ3n) is 2.69. The number of sulfonamides is 1. The minimum atomic E-state index is -3.61. The lowest BCUT2D eigenvalue weighted by atomic mass is 10.3. The van der Waals surface area contributed by atoms with E-state index in [0.717, 1.165) is 4.88 Å². The zero-order chi connectivity index (χ0) is 14.9. The standard InChI is InChI=1S/C12H12Cl2N2O2S2/c1-16(7-8-2-5-12(14)19-8)20(17,18)9-3-4-11(15)10(13)6-9/h2-6H,7,15H2,1H3. The fourth-order valence-electron chi connectivity index (χ4n) is 1.59. The van der Waals surface area contributed by atoms with Gasteiger partial charge >= 0.3 is 0 Å². The first-order valence-corrected chi connectivity index (χ1v) is 8.57. The summed E-state index contributed by atoms with van der Waals surface area (Å²) in [6.45, 7) is 0.252. The molecule has 0 radical (unpaired) electrons. The van der Waals surface area contributed by atoms with Crippen LogP contribution in [0.2, 0.25) is 9.36 Å². The molecular formula is C12H12Cl2N2O2S2. The maximum Gasteiger partial charge on any atom is 0.243 e. The van der Waals surface area contributed by atoms with Crippen LogP contribution in [0.4, 0.5) is 5.69 Å². The number of nitrogen functional groups attached to an aromatic ring is 1. The summed E-state index contributed by atoms with van der Waals surface area (Å²) in [6, 6.07) is 7.81. The van der Waals surface area contributed by atoms with Gasteiger partial charge in [0.25, 0.3) is 0 Å². The third kappa shape index (κ3) is 3.27.